The van der Waals surface area contributed by atoms with E-state index in [1.54, 1.807) is 43.3 Å². The highest BCUT2D eigenvalue weighted by Crippen LogP contribution is 2.35. The van der Waals surface area contributed by atoms with E-state index in [0.717, 1.165) is 0 Å². The van der Waals surface area contributed by atoms with Crippen LogP contribution in [0.1, 0.15) is 18.6 Å². The number of nitrogens with two attached hydrogens (primary N) is 1. The second kappa shape index (κ2) is 6.44. The molecule has 0 fully saturated rings. The van der Waals surface area contributed by atoms with E-state index < -0.39 is 12.1 Å². The summed E-state index contributed by atoms with van der Waals surface area (Å²) in [7, 11) is 0. The fourth-order valence-electron chi connectivity index (χ4n) is 1.87. The number of benzene rings is 2. The molecule has 0 saturated carbocycles. The highest BCUT2D eigenvalue weighted by molar-refractivity contribution is 6.42. The predicted octanol–water partition coefficient (Wildman–Crippen LogP) is 4.60. The van der Waals surface area contributed by atoms with Crippen molar-refractivity contribution < 1.29 is 9.13 Å². The molecule has 2 aromatic rings. The molecule has 2 N–H and O–H groups in total. The summed E-state index contributed by atoms with van der Waals surface area (Å²) in [5.41, 5.74) is 6.29. The van der Waals surface area contributed by atoms with Crippen molar-refractivity contribution in [3.63, 3.8) is 0 Å². The minimum atomic E-state index is -0.646. The Morgan fingerprint density at radius 1 is 1.10 bits per heavy atom. The molecule has 2 aromatic carbocycles. The molecular weight excluding hydrogens is 300 g/mol. The first kappa shape index (κ1) is 15.1. The highest BCUT2D eigenvalue weighted by Gasteiger charge is 2.22. The van der Waals surface area contributed by atoms with E-state index in [9.17, 15) is 4.39 Å². The number of hydrogen-bond acceptors (Lipinski definition) is 2. The quantitative estimate of drug-likeness (QED) is 0.895. The van der Waals surface area contributed by atoms with Crippen molar-refractivity contribution in [2.45, 2.75) is 19.1 Å². The summed E-state index contributed by atoms with van der Waals surface area (Å²) in [6.45, 7) is 1.75. The molecule has 5 heteroatoms. The topological polar surface area (TPSA) is 35.2 Å². The Bertz CT molecular complexity index is 604. The third-order valence-electron chi connectivity index (χ3n) is 2.86. The van der Waals surface area contributed by atoms with E-state index in [2.05, 4.69) is 0 Å². The molecule has 0 heterocycles. The Balaban J connectivity index is 2.36. The lowest BCUT2D eigenvalue weighted by atomic mass is 10.0. The van der Waals surface area contributed by atoms with E-state index in [1.807, 2.05) is 0 Å². The molecule has 0 spiro atoms. The second-order valence-electron chi connectivity index (χ2n) is 4.47. The van der Waals surface area contributed by atoms with Crippen LogP contribution in [-0.4, -0.2) is 6.04 Å². The van der Waals surface area contributed by atoms with Crippen molar-refractivity contribution in [3.8, 4) is 5.75 Å². The molecule has 20 heavy (non-hydrogen) atoms. The maximum atomic E-state index is 13.9. The van der Waals surface area contributed by atoms with Gasteiger partial charge in [-0.2, -0.15) is 0 Å². The number of halogens is 3. The second-order valence-corrected chi connectivity index (χ2v) is 5.26. The zero-order valence-electron chi connectivity index (χ0n) is 10.8. The van der Waals surface area contributed by atoms with Gasteiger partial charge in [0.05, 0.1) is 5.02 Å². The van der Waals surface area contributed by atoms with Crippen molar-refractivity contribution in [3.05, 3.63) is 63.9 Å². The van der Waals surface area contributed by atoms with Gasteiger partial charge in [-0.05, 0) is 25.1 Å². The Labute approximate surface area is 127 Å². The van der Waals surface area contributed by atoms with Crippen molar-refractivity contribution >= 4 is 23.2 Å². The summed E-state index contributed by atoms with van der Waals surface area (Å²) in [6.07, 6.45) is -0.646. The fourth-order valence-corrected chi connectivity index (χ4v) is 2.21. The zero-order valence-corrected chi connectivity index (χ0v) is 12.3. The van der Waals surface area contributed by atoms with Crippen LogP contribution >= 0.6 is 23.2 Å². The first-order valence-corrected chi connectivity index (χ1v) is 6.87. The van der Waals surface area contributed by atoms with Crippen LogP contribution in [0.4, 0.5) is 4.39 Å². The molecule has 2 rings (SSSR count). The predicted molar refractivity (Wildman–Crippen MR) is 79.9 cm³/mol. The first-order valence-electron chi connectivity index (χ1n) is 6.11. The third kappa shape index (κ3) is 3.23. The van der Waals surface area contributed by atoms with Crippen LogP contribution in [0.5, 0.6) is 5.75 Å². The Kier molecular flexibility index (Phi) is 4.86. The first-order chi connectivity index (χ1) is 9.50. The van der Waals surface area contributed by atoms with Gasteiger partial charge in [-0.15, -0.1) is 0 Å². The molecule has 106 valence electrons. The molecule has 0 saturated heterocycles. The minimum absolute atomic E-state index is 0.288. The van der Waals surface area contributed by atoms with Crippen LogP contribution < -0.4 is 10.5 Å². The van der Waals surface area contributed by atoms with Gasteiger partial charge in [-0.25, -0.2) is 4.39 Å². The maximum Gasteiger partial charge on any atom is 0.141 e. The van der Waals surface area contributed by atoms with Gasteiger partial charge in [0.25, 0.3) is 0 Å². The van der Waals surface area contributed by atoms with E-state index in [0.29, 0.717) is 16.3 Å². The summed E-state index contributed by atoms with van der Waals surface area (Å²) < 4.78 is 19.7. The van der Waals surface area contributed by atoms with Crippen molar-refractivity contribution in [1.29, 1.82) is 0 Å². The molecule has 0 amide bonds. The molecule has 0 aliphatic rings. The smallest absolute Gasteiger partial charge is 0.141 e. The van der Waals surface area contributed by atoms with Crippen molar-refractivity contribution in [1.82, 2.24) is 0 Å². The molecule has 2 unspecified atom stereocenters. The average molecular weight is 314 g/mol. The number of rotatable bonds is 4. The molecule has 0 bridgehead atoms. The van der Waals surface area contributed by atoms with Gasteiger partial charge in [-0.3, -0.25) is 0 Å². The molecule has 0 radical (unpaired) electrons. The Morgan fingerprint density at radius 3 is 2.45 bits per heavy atom. The van der Waals surface area contributed by atoms with Crippen LogP contribution in [0.15, 0.2) is 42.5 Å². The van der Waals surface area contributed by atoms with E-state index in [1.165, 1.54) is 6.07 Å². The summed E-state index contributed by atoms with van der Waals surface area (Å²) >= 11 is 12.0. The molecule has 2 atom stereocenters. The lowest BCUT2D eigenvalue weighted by Crippen LogP contribution is -2.29. The van der Waals surface area contributed by atoms with Crippen molar-refractivity contribution in [2.24, 2.45) is 5.73 Å². The van der Waals surface area contributed by atoms with Gasteiger partial charge in [0.1, 0.15) is 22.7 Å². The molecule has 0 aliphatic carbocycles. The summed E-state index contributed by atoms with van der Waals surface area (Å²) in [6, 6.07) is 11.0. The largest absolute Gasteiger partial charge is 0.482 e. The van der Waals surface area contributed by atoms with Crippen LogP contribution in [0.3, 0.4) is 0 Å². The van der Waals surface area contributed by atoms with Gasteiger partial charge >= 0.3 is 0 Å². The normalized spacial score (nSPS) is 13.8. The summed E-state index contributed by atoms with van der Waals surface area (Å²) in [5.74, 6) is 0.0117. The Morgan fingerprint density at radius 2 is 1.80 bits per heavy atom. The summed E-state index contributed by atoms with van der Waals surface area (Å²) in [5, 5.41) is 0.664. The maximum absolute atomic E-state index is 13.9. The van der Waals surface area contributed by atoms with E-state index in [-0.39, 0.29) is 10.8 Å². The lowest BCUT2D eigenvalue weighted by Gasteiger charge is -2.24. The van der Waals surface area contributed by atoms with Gasteiger partial charge < -0.3 is 10.5 Å². The monoisotopic (exact) mass is 313 g/mol. The third-order valence-corrected chi connectivity index (χ3v) is 3.66. The number of hydrogen-bond donors (Lipinski definition) is 1. The van der Waals surface area contributed by atoms with Crippen LogP contribution in [0.25, 0.3) is 0 Å². The van der Waals surface area contributed by atoms with Crippen molar-refractivity contribution in [2.75, 3.05) is 0 Å². The lowest BCUT2D eigenvalue weighted by molar-refractivity contribution is 0.176. The SMILES string of the molecule is CC(N)C(Oc1cccc(Cl)c1Cl)c1ccccc1F. The molecule has 0 aromatic heterocycles. The van der Waals surface area contributed by atoms with Crippen LogP contribution in [-0.2, 0) is 0 Å². The van der Waals surface area contributed by atoms with Gasteiger partial charge in [-0.1, -0.05) is 47.5 Å². The number of ether oxygens (including phenoxy) is 1. The molecule has 2 nitrogen and oxygen atoms in total. The van der Waals surface area contributed by atoms with Crippen LogP contribution in [0.2, 0.25) is 10.0 Å². The molecular formula is C15H14Cl2FNO. The standard InChI is InChI=1S/C15H14Cl2FNO/c1-9(19)15(10-5-2-3-7-12(10)18)20-13-8-4-6-11(16)14(13)17/h2-9,15H,19H2,1H3. The van der Waals surface area contributed by atoms with Gasteiger partial charge in [0.15, 0.2) is 0 Å². The van der Waals surface area contributed by atoms with Gasteiger partial charge in [0.2, 0.25) is 0 Å². The minimum Gasteiger partial charge on any atom is -0.482 e. The average Bonchev–Trinajstić information content (AvgIpc) is 2.41. The van der Waals surface area contributed by atoms with E-state index in [4.69, 9.17) is 33.7 Å². The van der Waals surface area contributed by atoms with Gasteiger partial charge in [0, 0.05) is 11.6 Å². The molecule has 0 aliphatic heterocycles. The summed E-state index contributed by atoms with van der Waals surface area (Å²) in [4.78, 5) is 0. The van der Waals surface area contributed by atoms with Crippen LogP contribution in [0, 0.1) is 5.82 Å². The zero-order chi connectivity index (χ0) is 14.7. The highest BCUT2D eigenvalue weighted by atomic mass is 35.5. The fraction of sp³-hybridized carbons (Fsp3) is 0.200. The Hall–Kier alpha value is -1.29. The van der Waals surface area contributed by atoms with E-state index >= 15 is 0 Å².